The number of hydrogen-bond acceptors (Lipinski definition) is 3. The van der Waals surface area contributed by atoms with Crippen molar-refractivity contribution in [3.63, 3.8) is 0 Å². The molecule has 0 aliphatic carbocycles. The third-order valence-electron chi connectivity index (χ3n) is 4.96. The van der Waals surface area contributed by atoms with Crippen LogP contribution in [0, 0.1) is 0 Å². The van der Waals surface area contributed by atoms with Crippen LogP contribution in [0.4, 0.5) is 0 Å². The number of fused-ring (bicyclic) bond motifs is 1. The maximum Gasteiger partial charge on any atom is 0.156 e. The molecule has 6 heteroatoms. The standard InChI is InChI=1S/C20H22Cl2N4/c1-2-14-3-5-15(6-4-14)19-18(13-25-9-7-23-8-10-25)26-12-16(21)11-17(22)20(26)24-19/h3-6,11-12,23H,2,7-10,13H2,1H3. The van der Waals surface area contributed by atoms with Crippen LogP contribution in [-0.4, -0.2) is 40.5 Å². The van der Waals surface area contributed by atoms with Crippen molar-refractivity contribution in [3.8, 4) is 11.3 Å². The van der Waals surface area contributed by atoms with Crippen LogP contribution in [0.1, 0.15) is 18.2 Å². The molecule has 1 aromatic carbocycles. The Morgan fingerprint density at radius 1 is 1.12 bits per heavy atom. The van der Waals surface area contributed by atoms with Gasteiger partial charge in [0.15, 0.2) is 5.65 Å². The summed E-state index contributed by atoms with van der Waals surface area (Å²) in [5, 5.41) is 4.60. The third-order valence-corrected chi connectivity index (χ3v) is 5.44. The Labute approximate surface area is 163 Å². The number of aromatic nitrogens is 2. The van der Waals surface area contributed by atoms with Gasteiger partial charge in [-0.15, -0.1) is 0 Å². The highest BCUT2D eigenvalue weighted by Crippen LogP contribution is 2.31. The normalized spacial score (nSPS) is 15.7. The Hall–Kier alpha value is -1.59. The van der Waals surface area contributed by atoms with Crippen LogP contribution < -0.4 is 5.32 Å². The number of pyridine rings is 1. The molecule has 2 aromatic heterocycles. The number of rotatable bonds is 4. The molecule has 4 nitrogen and oxygen atoms in total. The second-order valence-electron chi connectivity index (χ2n) is 6.68. The Morgan fingerprint density at radius 2 is 1.85 bits per heavy atom. The number of hydrogen-bond donors (Lipinski definition) is 1. The van der Waals surface area contributed by atoms with Crippen LogP contribution in [0.5, 0.6) is 0 Å². The number of imidazole rings is 1. The lowest BCUT2D eigenvalue weighted by Crippen LogP contribution is -2.43. The Morgan fingerprint density at radius 3 is 2.54 bits per heavy atom. The van der Waals surface area contributed by atoms with Crippen molar-refractivity contribution in [1.29, 1.82) is 0 Å². The van der Waals surface area contributed by atoms with E-state index in [1.165, 1.54) is 5.56 Å². The number of piperazine rings is 1. The van der Waals surface area contributed by atoms with Gasteiger partial charge in [0.2, 0.25) is 0 Å². The second-order valence-corrected chi connectivity index (χ2v) is 7.53. The molecule has 0 unspecified atom stereocenters. The minimum absolute atomic E-state index is 0.579. The summed E-state index contributed by atoms with van der Waals surface area (Å²) < 4.78 is 2.05. The van der Waals surface area contributed by atoms with Crippen molar-refractivity contribution >= 4 is 28.8 Å². The van der Waals surface area contributed by atoms with Crippen LogP contribution >= 0.6 is 23.2 Å². The van der Waals surface area contributed by atoms with Crippen molar-refractivity contribution in [2.75, 3.05) is 26.2 Å². The summed E-state index contributed by atoms with van der Waals surface area (Å²) >= 11 is 12.7. The molecule has 26 heavy (non-hydrogen) atoms. The van der Waals surface area contributed by atoms with Gasteiger partial charge in [-0.3, -0.25) is 9.30 Å². The van der Waals surface area contributed by atoms with Crippen LogP contribution in [0.25, 0.3) is 16.9 Å². The predicted molar refractivity (Wildman–Crippen MR) is 108 cm³/mol. The number of aryl methyl sites for hydroxylation is 1. The smallest absolute Gasteiger partial charge is 0.156 e. The number of nitrogens with one attached hydrogen (secondary N) is 1. The third kappa shape index (κ3) is 3.47. The summed E-state index contributed by atoms with van der Waals surface area (Å²) in [7, 11) is 0. The highest BCUT2D eigenvalue weighted by atomic mass is 35.5. The topological polar surface area (TPSA) is 32.6 Å². The molecule has 1 N–H and O–H groups in total. The number of halogens is 2. The van der Waals surface area contributed by atoms with Crippen LogP contribution in [-0.2, 0) is 13.0 Å². The lowest BCUT2D eigenvalue weighted by Gasteiger charge is -2.27. The van der Waals surface area contributed by atoms with Gasteiger partial charge in [-0.2, -0.15) is 0 Å². The largest absolute Gasteiger partial charge is 0.314 e. The average molecular weight is 389 g/mol. The minimum Gasteiger partial charge on any atom is -0.314 e. The number of nitrogens with zero attached hydrogens (tertiary/aromatic N) is 3. The molecule has 136 valence electrons. The van der Waals surface area contributed by atoms with Crippen LogP contribution in [0.3, 0.4) is 0 Å². The van der Waals surface area contributed by atoms with E-state index in [1.54, 1.807) is 6.07 Å². The monoisotopic (exact) mass is 388 g/mol. The van der Waals surface area contributed by atoms with E-state index in [0.29, 0.717) is 10.0 Å². The van der Waals surface area contributed by atoms with E-state index in [4.69, 9.17) is 28.2 Å². The first-order chi connectivity index (χ1) is 12.7. The molecule has 3 aromatic rings. The Kier molecular flexibility index (Phi) is 5.18. The fourth-order valence-electron chi connectivity index (χ4n) is 3.48. The Bertz CT molecular complexity index is 912. The summed E-state index contributed by atoms with van der Waals surface area (Å²) in [6.07, 6.45) is 2.94. The van der Waals surface area contributed by atoms with Gasteiger partial charge in [-0.05, 0) is 18.1 Å². The average Bonchev–Trinajstić information content (AvgIpc) is 3.01. The van der Waals surface area contributed by atoms with E-state index in [0.717, 1.165) is 61.7 Å². The minimum atomic E-state index is 0.579. The van der Waals surface area contributed by atoms with Gasteiger partial charge in [0.1, 0.15) is 0 Å². The van der Waals surface area contributed by atoms with Crippen molar-refractivity contribution < 1.29 is 0 Å². The fourth-order valence-corrected chi connectivity index (χ4v) is 3.99. The van der Waals surface area contributed by atoms with Gasteiger partial charge < -0.3 is 5.32 Å². The molecular weight excluding hydrogens is 367 g/mol. The fraction of sp³-hybridized carbons (Fsp3) is 0.350. The summed E-state index contributed by atoms with van der Waals surface area (Å²) in [5.74, 6) is 0. The zero-order valence-electron chi connectivity index (χ0n) is 14.8. The SMILES string of the molecule is CCc1ccc(-c2nc3c(Cl)cc(Cl)cn3c2CN2CCNCC2)cc1. The summed E-state index contributed by atoms with van der Waals surface area (Å²) in [6, 6.07) is 10.4. The molecule has 0 radical (unpaired) electrons. The van der Waals surface area contributed by atoms with E-state index in [-0.39, 0.29) is 0 Å². The van der Waals surface area contributed by atoms with Gasteiger partial charge in [-0.25, -0.2) is 4.98 Å². The summed E-state index contributed by atoms with van der Waals surface area (Å²) in [4.78, 5) is 7.32. The van der Waals surface area contributed by atoms with Crippen LogP contribution in [0.2, 0.25) is 10.0 Å². The summed E-state index contributed by atoms with van der Waals surface area (Å²) in [6.45, 7) is 7.06. The molecular formula is C20H22Cl2N4. The molecule has 1 saturated heterocycles. The zero-order valence-corrected chi connectivity index (χ0v) is 16.3. The molecule has 3 heterocycles. The molecule has 1 fully saturated rings. The van der Waals surface area contributed by atoms with Gasteiger partial charge in [-0.1, -0.05) is 54.4 Å². The number of benzene rings is 1. The van der Waals surface area contributed by atoms with Gasteiger partial charge in [0, 0.05) is 44.5 Å². The highest BCUT2D eigenvalue weighted by molar-refractivity contribution is 6.36. The molecule has 1 aliphatic rings. The first-order valence-corrected chi connectivity index (χ1v) is 9.79. The van der Waals surface area contributed by atoms with Crippen molar-refractivity contribution in [2.24, 2.45) is 0 Å². The maximum absolute atomic E-state index is 6.43. The predicted octanol–water partition coefficient (Wildman–Crippen LogP) is 4.28. The summed E-state index contributed by atoms with van der Waals surface area (Å²) in [5.41, 5.74) is 5.31. The van der Waals surface area contributed by atoms with Gasteiger partial charge in [0.05, 0.1) is 21.4 Å². The molecule has 4 rings (SSSR count). The maximum atomic E-state index is 6.43. The van der Waals surface area contributed by atoms with Gasteiger partial charge in [0.25, 0.3) is 0 Å². The van der Waals surface area contributed by atoms with Crippen LogP contribution in [0.15, 0.2) is 36.5 Å². The van der Waals surface area contributed by atoms with Gasteiger partial charge >= 0.3 is 0 Å². The molecule has 0 saturated carbocycles. The molecule has 0 atom stereocenters. The lowest BCUT2D eigenvalue weighted by atomic mass is 10.1. The Balaban J connectivity index is 1.83. The first-order valence-electron chi connectivity index (χ1n) is 9.04. The van der Waals surface area contributed by atoms with E-state index < -0.39 is 0 Å². The quantitative estimate of drug-likeness (QED) is 0.723. The van der Waals surface area contributed by atoms with Crippen molar-refractivity contribution in [1.82, 2.24) is 19.6 Å². The van der Waals surface area contributed by atoms with Crippen molar-refractivity contribution in [3.05, 3.63) is 57.8 Å². The van der Waals surface area contributed by atoms with E-state index in [9.17, 15) is 0 Å². The molecule has 1 aliphatic heterocycles. The molecule has 0 spiro atoms. The van der Waals surface area contributed by atoms with Crippen molar-refractivity contribution in [2.45, 2.75) is 19.9 Å². The molecule has 0 amide bonds. The highest BCUT2D eigenvalue weighted by Gasteiger charge is 2.20. The zero-order chi connectivity index (χ0) is 18.1. The van der Waals surface area contributed by atoms with E-state index in [1.807, 2.05) is 6.20 Å². The molecule has 0 bridgehead atoms. The first kappa shape index (κ1) is 17.8. The van der Waals surface area contributed by atoms with E-state index in [2.05, 4.69) is 45.8 Å². The lowest BCUT2D eigenvalue weighted by molar-refractivity contribution is 0.230. The second kappa shape index (κ2) is 7.57. The van der Waals surface area contributed by atoms with E-state index >= 15 is 0 Å².